The van der Waals surface area contributed by atoms with Gasteiger partial charge >= 0.3 is 5.97 Å². The molecule has 6 heteroatoms. The van der Waals surface area contributed by atoms with Crippen LogP contribution in [0.25, 0.3) is 0 Å². The summed E-state index contributed by atoms with van der Waals surface area (Å²) < 4.78 is 4.70. The van der Waals surface area contributed by atoms with Crippen molar-refractivity contribution >= 4 is 23.4 Å². The highest BCUT2D eigenvalue weighted by molar-refractivity contribution is 7.99. The Hall–Kier alpha value is -1.56. The first-order valence-electron chi connectivity index (χ1n) is 6.41. The van der Waals surface area contributed by atoms with Crippen LogP contribution >= 0.6 is 11.8 Å². The maximum absolute atomic E-state index is 11.4. The zero-order valence-corrected chi connectivity index (χ0v) is 12.4. The van der Waals surface area contributed by atoms with Crippen LogP contribution in [0.4, 0.5) is 5.69 Å². The highest BCUT2D eigenvalue weighted by Crippen LogP contribution is 2.52. The molecule has 20 heavy (non-hydrogen) atoms. The van der Waals surface area contributed by atoms with E-state index < -0.39 is 0 Å². The fourth-order valence-corrected chi connectivity index (χ4v) is 3.54. The van der Waals surface area contributed by atoms with Gasteiger partial charge in [-0.1, -0.05) is 12.1 Å². The molecule has 0 heterocycles. The van der Waals surface area contributed by atoms with E-state index in [1.54, 1.807) is 19.1 Å². The lowest BCUT2D eigenvalue weighted by Crippen LogP contribution is -2.13. The molecule has 108 valence electrons. The average Bonchev–Trinajstić information content (AvgIpc) is 3.16. The maximum atomic E-state index is 11.4. The van der Waals surface area contributed by atoms with Gasteiger partial charge in [-0.15, -0.1) is 11.8 Å². The molecule has 0 aromatic heterocycles. The molecule has 1 saturated carbocycles. The lowest BCUT2D eigenvalue weighted by Gasteiger charge is -2.13. The number of esters is 1. The highest BCUT2D eigenvalue weighted by atomic mass is 32.2. The number of benzene rings is 1. The first-order chi connectivity index (χ1) is 9.47. The Kier molecular flexibility index (Phi) is 4.32. The normalized spacial score (nSPS) is 15.7. The molecule has 0 saturated heterocycles. The Morgan fingerprint density at radius 2 is 2.20 bits per heavy atom. The fraction of sp³-hybridized carbons (Fsp3) is 0.500. The van der Waals surface area contributed by atoms with Crippen LogP contribution in [0.3, 0.4) is 0 Å². The second kappa shape index (κ2) is 5.83. The molecule has 0 atom stereocenters. The van der Waals surface area contributed by atoms with Crippen LogP contribution in [0.2, 0.25) is 0 Å². The van der Waals surface area contributed by atoms with E-state index in [1.165, 1.54) is 18.9 Å². The van der Waals surface area contributed by atoms with E-state index in [1.807, 2.05) is 6.07 Å². The number of nitro groups is 1. The largest absolute Gasteiger partial charge is 0.469 e. The van der Waals surface area contributed by atoms with Crippen molar-refractivity contribution in [3.05, 3.63) is 33.9 Å². The van der Waals surface area contributed by atoms with Crippen LogP contribution in [0, 0.1) is 22.5 Å². The number of para-hydroxylation sites is 1. The minimum absolute atomic E-state index is 0.0324. The van der Waals surface area contributed by atoms with Crippen LogP contribution in [-0.2, 0) is 9.53 Å². The zero-order valence-electron chi connectivity index (χ0n) is 11.5. The number of hydrogen-bond donors (Lipinski definition) is 0. The van der Waals surface area contributed by atoms with Crippen LogP contribution in [0.5, 0.6) is 0 Å². The number of nitrogens with zero attached hydrogens (tertiary/aromatic N) is 1. The van der Waals surface area contributed by atoms with Gasteiger partial charge in [-0.25, -0.2) is 0 Å². The second-order valence-corrected chi connectivity index (χ2v) is 6.24. The molecule has 0 aliphatic heterocycles. The topological polar surface area (TPSA) is 69.4 Å². The Morgan fingerprint density at radius 1 is 1.50 bits per heavy atom. The van der Waals surface area contributed by atoms with Gasteiger partial charge in [0.1, 0.15) is 0 Å². The summed E-state index contributed by atoms with van der Waals surface area (Å²) in [5.74, 6) is 0.508. The van der Waals surface area contributed by atoms with E-state index in [0.717, 1.165) is 12.8 Å². The molecule has 1 aliphatic rings. The minimum Gasteiger partial charge on any atom is -0.469 e. The van der Waals surface area contributed by atoms with Crippen molar-refractivity contribution in [3.63, 3.8) is 0 Å². The third-order valence-corrected chi connectivity index (χ3v) is 5.02. The van der Waals surface area contributed by atoms with Crippen molar-refractivity contribution in [2.45, 2.75) is 31.1 Å². The molecule has 1 aromatic carbocycles. The Morgan fingerprint density at radius 3 is 2.75 bits per heavy atom. The van der Waals surface area contributed by atoms with Gasteiger partial charge in [-0.2, -0.15) is 0 Å². The molecule has 2 rings (SSSR count). The van der Waals surface area contributed by atoms with Crippen molar-refractivity contribution in [1.82, 2.24) is 0 Å². The molecule has 1 aromatic rings. The summed E-state index contributed by atoms with van der Waals surface area (Å²) >= 11 is 1.46. The molecule has 1 fully saturated rings. The zero-order chi connectivity index (χ0) is 14.8. The smallest absolute Gasteiger partial charge is 0.306 e. The average molecular weight is 295 g/mol. The predicted octanol–water partition coefficient (Wildman–Crippen LogP) is 3.34. The monoisotopic (exact) mass is 295 g/mol. The molecule has 0 bridgehead atoms. The highest BCUT2D eigenvalue weighted by Gasteiger charge is 2.44. The molecular formula is C14H17NO4S. The third kappa shape index (κ3) is 3.30. The summed E-state index contributed by atoms with van der Waals surface area (Å²) in [6.07, 6.45) is 2.36. The number of thioether (sulfide) groups is 1. The second-order valence-electron chi connectivity index (χ2n) is 5.22. The quantitative estimate of drug-likeness (QED) is 0.348. The molecule has 5 nitrogen and oxygen atoms in total. The summed E-state index contributed by atoms with van der Waals surface area (Å²) in [6.45, 7) is 1.74. The molecule has 1 aliphatic carbocycles. The van der Waals surface area contributed by atoms with Crippen molar-refractivity contribution in [2.75, 3.05) is 12.9 Å². The van der Waals surface area contributed by atoms with Gasteiger partial charge < -0.3 is 4.74 Å². The molecule has 0 unspecified atom stereocenters. The van der Waals surface area contributed by atoms with Crippen LogP contribution < -0.4 is 0 Å². The van der Waals surface area contributed by atoms with Gasteiger partial charge in [0.2, 0.25) is 0 Å². The first-order valence-corrected chi connectivity index (χ1v) is 7.40. The van der Waals surface area contributed by atoms with E-state index in [2.05, 4.69) is 0 Å². The fourth-order valence-electron chi connectivity index (χ4n) is 2.14. The van der Waals surface area contributed by atoms with Gasteiger partial charge in [0.05, 0.1) is 23.3 Å². The Labute approximate surface area is 121 Å². The van der Waals surface area contributed by atoms with Gasteiger partial charge in [-0.05, 0) is 31.2 Å². The van der Waals surface area contributed by atoms with Crippen molar-refractivity contribution in [3.8, 4) is 0 Å². The SMILES string of the molecule is COC(=O)CC1(CSc2cccc(C)c2[N+](=O)[O-])CC1. The molecule has 0 radical (unpaired) electrons. The van der Waals surface area contributed by atoms with Crippen LogP contribution in [0.15, 0.2) is 23.1 Å². The number of nitro benzene ring substituents is 1. The van der Waals surface area contributed by atoms with E-state index in [9.17, 15) is 14.9 Å². The van der Waals surface area contributed by atoms with Crippen LogP contribution in [0.1, 0.15) is 24.8 Å². The number of aryl methyl sites for hydroxylation is 1. The predicted molar refractivity (Wildman–Crippen MR) is 76.9 cm³/mol. The summed E-state index contributed by atoms with van der Waals surface area (Å²) in [4.78, 5) is 22.8. The standard InChI is InChI=1S/C14H17NO4S/c1-10-4-3-5-11(13(10)15(17)18)20-9-14(6-7-14)8-12(16)19-2/h3-5H,6-9H2,1-2H3. The van der Waals surface area contributed by atoms with Crippen molar-refractivity contribution in [1.29, 1.82) is 0 Å². The van der Waals surface area contributed by atoms with Gasteiger partial charge in [0.25, 0.3) is 5.69 Å². The van der Waals surface area contributed by atoms with Gasteiger partial charge in [0.15, 0.2) is 0 Å². The van der Waals surface area contributed by atoms with Gasteiger partial charge in [0, 0.05) is 11.3 Å². The summed E-state index contributed by atoms with van der Waals surface area (Å²) in [5.41, 5.74) is 0.805. The van der Waals surface area contributed by atoms with Crippen molar-refractivity contribution in [2.24, 2.45) is 5.41 Å². The van der Waals surface area contributed by atoms with Crippen LogP contribution in [-0.4, -0.2) is 23.8 Å². The molecule has 0 spiro atoms. The Balaban J connectivity index is 2.07. The number of hydrogen-bond acceptors (Lipinski definition) is 5. The van der Waals surface area contributed by atoms with E-state index in [-0.39, 0.29) is 22.0 Å². The minimum atomic E-state index is -0.336. The molecule has 0 N–H and O–H groups in total. The number of carbonyl (C=O) groups is 1. The number of ether oxygens (including phenoxy) is 1. The van der Waals surface area contributed by atoms with E-state index in [0.29, 0.717) is 22.6 Å². The van der Waals surface area contributed by atoms with E-state index in [4.69, 9.17) is 4.74 Å². The summed E-state index contributed by atoms with van der Waals surface area (Å²) in [5, 5.41) is 11.1. The Bertz CT molecular complexity index is 540. The van der Waals surface area contributed by atoms with Gasteiger partial charge in [-0.3, -0.25) is 14.9 Å². The van der Waals surface area contributed by atoms with E-state index >= 15 is 0 Å². The number of carbonyl (C=O) groups excluding carboxylic acids is 1. The molecule has 0 amide bonds. The maximum Gasteiger partial charge on any atom is 0.306 e. The summed E-state index contributed by atoms with van der Waals surface area (Å²) in [6, 6.07) is 5.33. The third-order valence-electron chi connectivity index (χ3n) is 3.62. The molecular weight excluding hydrogens is 278 g/mol. The summed E-state index contributed by atoms with van der Waals surface area (Å²) in [7, 11) is 1.39. The number of methoxy groups -OCH3 is 1. The first kappa shape index (κ1) is 14.8. The van der Waals surface area contributed by atoms with Crippen molar-refractivity contribution < 1.29 is 14.5 Å². The lowest BCUT2D eigenvalue weighted by atomic mass is 10.1. The lowest BCUT2D eigenvalue weighted by molar-refractivity contribution is -0.388. The number of rotatable bonds is 6.